The van der Waals surface area contributed by atoms with Gasteiger partial charge in [0.2, 0.25) is 0 Å². The van der Waals surface area contributed by atoms with Gasteiger partial charge in [0.25, 0.3) is 0 Å². The molecule has 1 atom stereocenters. The Bertz CT molecular complexity index is 670. The van der Waals surface area contributed by atoms with Crippen LogP contribution in [0.1, 0.15) is 29.2 Å². The van der Waals surface area contributed by atoms with Crippen LogP contribution in [0, 0.1) is 0 Å². The van der Waals surface area contributed by atoms with Crippen LogP contribution in [-0.2, 0) is 13.0 Å². The maximum atomic E-state index is 3.79. The first-order valence-electron chi connectivity index (χ1n) is 8.64. The van der Waals surface area contributed by atoms with E-state index < -0.39 is 0 Å². The molecule has 0 spiro atoms. The van der Waals surface area contributed by atoms with Crippen molar-refractivity contribution in [1.82, 2.24) is 10.2 Å². The Morgan fingerprint density at radius 1 is 1.04 bits per heavy atom. The van der Waals surface area contributed by atoms with Gasteiger partial charge in [0.1, 0.15) is 0 Å². The van der Waals surface area contributed by atoms with Gasteiger partial charge in [-0.1, -0.05) is 42.5 Å². The molecule has 0 aliphatic carbocycles. The summed E-state index contributed by atoms with van der Waals surface area (Å²) in [5, 5.41) is 3.79. The highest BCUT2D eigenvalue weighted by molar-refractivity contribution is 7.99. The third-order valence-electron chi connectivity index (χ3n) is 4.99. The predicted octanol–water partition coefficient (Wildman–Crippen LogP) is 3.87. The average molecular weight is 324 g/mol. The summed E-state index contributed by atoms with van der Waals surface area (Å²) < 4.78 is 0. The maximum absolute atomic E-state index is 3.79. The van der Waals surface area contributed by atoms with Crippen LogP contribution in [-0.4, -0.2) is 30.3 Å². The second-order valence-corrected chi connectivity index (χ2v) is 7.61. The summed E-state index contributed by atoms with van der Waals surface area (Å²) in [4.78, 5) is 4.04. The lowest BCUT2D eigenvalue weighted by Gasteiger charge is -2.30. The molecule has 2 nitrogen and oxygen atoms in total. The van der Waals surface area contributed by atoms with E-state index in [1.54, 1.807) is 0 Å². The molecule has 0 bridgehead atoms. The molecule has 4 rings (SSSR count). The van der Waals surface area contributed by atoms with Crippen molar-refractivity contribution < 1.29 is 0 Å². The van der Waals surface area contributed by atoms with Crippen molar-refractivity contribution in [3.63, 3.8) is 0 Å². The monoisotopic (exact) mass is 324 g/mol. The van der Waals surface area contributed by atoms with Gasteiger partial charge in [0.05, 0.1) is 0 Å². The lowest BCUT2D eigenvalue weighted by atomic mass is 10.00. The van der Waals surface area contributed by atoms with Gasteiger partial charge in [-0.25, -0.2) is 0 Å². The zero-order valence-corrected chi connectivity index (χ0v) is 14.3. The predicted molar refractivity (Wildman–Crippen MR) is 97.9 cm³/mol. The molecule has 0 radical (unpaired) electrons. The van der Waals surface area contributed by atoms with Crippen LogP contribution in [0.2, 0.25) is 0 Å². The molecule has 0 saturated heterocycles. The van der Waals surface area contributed by atoms with E-state index in [4.69, 9.17) is 0 Å². The van der Waals surface area contributed by atoms with Crippen molar-refractivity contribution in [3.8, 4) is 0 Å². The molecule has 0 aromatic heterocycles. The summed E-state index contributed by atoms with van der Waals surface area (Å²) in [7, 11) is 0. The fourth-order valence-electron chi connectivity index (χ4n) is 3.70. The summed E-state index contributed by atoms with van der Waals surface area (Å²) >= 11 is 2.00. The number of nitrogens with one attached hydrogen (secondary N) is 1. The van der Waals surface area contributed by atoms with Gasteiger partial charge in [-0.05, 0) is 41.4 Å². The quantitative estimate of drug-likeness (QED) is 0.919. The Balaban J connectivity index is 1.32. The number of rotatable bonds is 4. The first kappa shape index (κ1) is 15.3. The van der Waals surface area contributed by atoms with Gasteiger partial charge in [0, 0.05) is 37.1 Å². The van der Waals surface area contributed by atoms with E-state index in [9.17, 15) is 0 Å². The molecule has 120 valence electrons. The minimum Gasteiger partial charge on any atom is -0.309 e. The number of fused-ring (bicyclic) bond motifs is 2. The van der Waals surface area contributed by atoms with Crippen molar-refractivity contribution in [3.05, 3.63) is 65.2 Å². The molecule has 0 saturated carbocycles. The SMILES string of the molecule is c1ccc2c(c1)CCN(CCNC1CCSc3ccccc31)C2. The Morgan fingerprint density at radius 3 is 2.83 bits per heavy atom. The van der Waals surface area contributed by atoms with Crippen molar-refractivity contribution in [2.24, 2.45) is 0 Å². The summed E-state index contributed by atoms with van der Waals surface area (Å²) in [5.41, 5.74) is 4.54. The third-order valence-corrected chi connectivity index (χ3v) is 6.11. The van der Waals surface area contributed by atoms with E-state index in [2.05, 4.69) is 58.7 Å². The number of hydrogen-bond donors (Lipinski definition) is 1. The molecule has 2 aromatic carbocycles. The molecule has 2 aliphatic heterocycles. The zero-order valence-electron chi connectivity index (χ0n) is 13.5. The lowest BCUT2D eigenvalue weighted by molar-refractivity contribution is 0.249. The summed E-state index contributed by atoms with van der Waals surface area (Å²) in [6.07, 6.45) is 2.43. The lowest BCUT2D eigenvalue weighted by Crippen LogP contribution is -2.37. The van der Waals surface area contributed by atoms with Gasteiger partial charge in [0.15, 0.2) is 0 Å². The molecule has 1 unspecified atom stereocenters. The minimum atomic E-state index is 0.532. The molecule has 23 heavy (non-hydrogen) atoms. The van der Waals surface area contributed by atoms with Gasteiger partial charge < -0.3 is 5.32 Å². The van der Waals surface area contributed by atoms with E-state index in [1.807, 2.05) is 11.8 Å². The van der Waals surface area contributed by atoms with Crippen molar-refractivity contribution >= 4 is 11.8 Å². The van der Waals surface area contributed by atoms with Crippen molar-refractivity contribution in [1.29, 1.82) is 0 Å². The molecule has 0 fully saturated rings. The fraction of sp³-hybridized carbons (Fsp3) is 0.400. The van der Waals surface area contributed by atoms with E-state index in [-0.39, 0.29) is 0 Å². The second-order valence-electron chi connectivity index (χ2n) is 6.48. The van der Waals surface area contributed by atoms with E-state index in [0.717, 1.165) is 19.6 Å². The first-order valence-corrected chi connectivity index (χ1v) is 9.63. The summed E-state index contributed by atoms with van der Waals surface area (Å²) in [5.74, 6) is 1.23. The van der Waals surface area contributed by atoms with Gasteiger partial charge in [-0.2, -0.15) is 0 Å². The Kier molecular flexibility index (Phi) is 4.69. The van der Waals surface area contributed by atoms with Crippen molar-refractivity contribution in [2.75, 3.05) is 25.4 Å². The fourth-order valence-corrected chi connectivity index (χ4v) is 4.82. The van der Waals surface area contributed by atoms with Gasteiger partial charge in [-0.15, -0.1) is 11.8 Å². The van der Waals surface area contributed by atoms with Crippen LogP contribution in [0.4, 0.5) is 0 Å². The first-order chi connectivity index (χ1) is 11.4. The highest BCUT2D eigenvalue weighted by Crippen LogP contribution is 2.35. The molecule has 0 amide bonds. The van der Waals surface area contributed by atoms with Crippen LogP contribution in [0.5, 0.6) is 0 Å². The van der Waals surface area contributed by atoms with E-state index >= 15 is 0 Å². The Hall–Kier alpha value is -1.29. The minimum absolute atomic E-state index is 0.532. The smallest absolute Gasteiger partial charge is 0.0339 e. The number of benzene rings is 2. The molecule has 2 heterocycles. The molecule has 2 aliphatic rings. The van der Waals surface area contributed by atoms with Gasteiger partial charge >= 0.3 is 0 Å². The van der Waals surface area contributed by atoms with Crippen LogP contribution in [0.15, 0.2) is 53.4 Å². The van der Waals surface area contributed by atoms with Crippen LogP contribution in [0.3, 0.4) is 0 Å². The number of nitrogens with zero attached hydrogens (tertiary/aromatic N) is 1. The van der Waals surface area contributed by atoms with E-state index in [1.165, 1.54) is 46.7 Å². The van der Waals surface area contributed by atoms with Crippen molar-refractivity contribution in [2.45, 2.75) is 30.3 Å². The maximum Gasteiger partial charge on any atom is 0.0339 e. The topological polar surface area (TPSA) is 15.3 Å². The van der Waals surface area contributed by atoms with Crippen LogP contribution < -0.4 is 5.32 Å². The highest BCUT2D eigenvalue weighted by atomic mass is 32.2. The molecule has 3 heteroatoms. The third kappa shape index (κ3) is 3.47. The van der Waals surface area contributed by atoms with Gasteiger partial charge in [-0.3, -0.25) is 4.90 Å². The zero-order chi connectivity index (χ0) is 15.5. The Morgan fingerprint density at radius 2 is 1.87 bits per heavy atom. The molecular weight excluding hydrogens is 300 g/mol. The highest BCUT2D eigenvalue weighted by Gasteiger charge is 2.20. The largest absolute Gasteiger partial charge is 0.309 e. The molecule has 2 aromatic rings. The average Bonchev–Trinajstić information content (AvgIpc) is 2.62. The molecular formula is C20H24N2S. The number of hydrogen-bond acceptors (Lipinski definition) is 3. The van der Waals surface area contributed by atoms with E-state index in [0.29, 0.717) is 6.04 Å². The second kappa shape index (κ2) is 7.08. The summed E-state index contributed by atoms with van der Waals surface area (Å²) in [6, 6.07) is 18.3. The number of thioether (sulfide) groups is 1. The Labute approximate surface area is 143 Å². The normalized spacial score (nSPS) is 20.8. The summed E-state index contributed by atoms with van der Waals surface area (Å²) in [6.45, 7) is 4.51. The molecule has 1 N–H and O–H groups in total. The van der Waals surface area contributed by atoms with Crippen LogP contribution >= 0.6 is 11.8 Å². The van der Waals surface area contributed by atoms with Crippen LogP contribution in [0.25, 0.3) is 0 Å². The standard InChI is InChI=1S/C20H24N2S/c1-2-6-17-15-22(12-9-16(17)5-1)13-11-21-19-10-14-23-20-8-4-3-7-18(19)20/h1-8,19,21H,9-15H2.